The molecular formula is C17H20N2O2S. The molecule has 0 unspecified atom stereocenters. The molecule has 0 aliphatic carbocycles. The van der Waals surface area contributed by atoms with E-state index in [0.29, 0.717) is 12.1 Å². The van der Waals surface area contributed by atoms with Gasteiger partial charge in [-0.1, -0.05) is 12.1 Å². The number of aryl methyl sites for hydroxylation is 1. The van der Waals surface area contributed by atoms with Crippen molar-refractivity contribution in [2.75, 3.05) is 20.2 Å². The Balaban J connectivity index is 1.67. The van der Waals surface area contributed by atoms with E-state index in [1.54, 1.807) is 16.2 Å². The van der Waals surface area contributed by atoms with Gasteiger partial charge in [-0.3, -0.25) is 4.79 Å². The van der Waals surface area contributed by atoms with E-state index >= 15 is 0 Å². The number of nitrogens with zero attached hydrogens (tertiary/aromatic N) is 2. The highest BCUT2D eigenvalue weighted by atomic mass is 32.1. The summed E-state index contributed by atoms with van der Waals surface area (Å²) in [5, 5.41) is 3.02. The van der Waals surface area contributed by atoms with Crippen molar-refractivity contribution in [1.82, 2.24) is 9.88 Å². The van der Waals surface area contributed by atoms with Crippen molar-refractivity contribution in [3.05, 3.63) is 40.9 Å². The molecule has 1 aliphatic rings. The third-order valence-corrected chi connectivity index (χ3v) is 4.86. The summed E-state index contributed by atoms with van der Waals surface area (Å²) in [5.41, 5.74) is 2.78. The molecule has 3 rings (SSSR count). The molecule has 1 aromatic carbocycles. The van der Waals surface area contributed by atoms with Gasteiger partial charge in [-0.05, 0) is 31.9 Å². The largest absolute Gasteiger partial charge is 0.376 e. The summed E-state index contributed by atoms with van der Waals surface area (Å²) >= 11 is 1.62. The number of thiazole rings is 1. The molecule has 1 amide bonds. The van der Waals surface area contributed by atoms with Crippen LogP contribution in [0.3, 0.4) is 0 Å². The molecule has 5 heteroatoms. The SMILES string of the molecule is Cc1csc(-c2ccc(C(=O)N(C)C[C@H]3CCCO3)cc2)n1. The van der Waals surface area contributed by atoms with Gasteiger partial charge in [0.2, 0.25) is 0 Å². The Morgan fingerprint density at radius 1 is 1.41 bits per heavy atom. The maximum atomic E-state index is 12.4. The minimum Gasteiger partial charge on any atom is -0.376 e. The highest BCUT2D eigenvalue weighted by molar-refractivity contribution is 7.13. The lowest BCUT2D eigenvalue weighted by Gasteiger charge is -2.20. The molecule has 0 spiro atoms. The van der Waals surface area contributed by atoms with Crippen LogP contribution < -0.4 is 0 Å². The fraction of sp³-hybridized carbons (Fsp3) is 0.412. The number of amides is 1. The second-order valence-electron chi connectivity index (χ2n) is 5.69. The van der Waals surface area contributed by atoms with E-state index in [4.69, 9.17) is 4.74 Å². The standard InChI is InChI=1S/C17H20N2O2S/c1-12-11-22-16(18-12)13-5-7-14(8-6-13)17(20)19(2)10-15-4-3-9-21-15/h5-8,11,15H,3-4,9-10H2,1-2H3/t15-/m1/s1. The van der Waals surface area contributed by atoms with Crippen LogP contribution in [0.4, 0.5) is 0 Å². The predicted molar refractivity (Wildman–Crippen MR) is 88.2 cm³/mol. The Labute approximate surface area is 134 Å². The van der Waals surface area contributed by atoms with Crippen LogP contribution in [0.5, 0.6) is 0 Å². The summed E-state index contributed by atoms with van der Waals surface area (Å²) in [6.45, 7) is 3.46. The molecule has 22 heavy (non-hydrogen) atoms. The normalized spacial score (nSPS) is 17.6. The quantitative estimate of drug-likeness (QED) is 0.868. The third-order valence-electron chi connectivity index (χ3n) is 3.85. The zero-order chi connectivity index (χ0) is 15.5. The summed E-state index contributed by atoms with van der Waals surface area (Å²) in [6, 6.07) is 7.68. The minimum absolute atomic E-state index is 0.0392. The van der Waals surface area contributed by atoms with Crippen LogP contribution in [0.15, 0.2) is 29.6 Å². The van der Waals surface area contributed by atoms with Gasteiger partial charge in [0, 0.05) is 42.4 Å². The average molecular weight is 316 g/mol. The number of carbonyl (C=O) groups excluding carboxylic acids is 1. The van der Waals surface area contributed by atoms with Crippen LogP contribution in [0.25, 0.3) is 10.6 Å². The highest BCUT2D eigenvalue weighted by Gasteiger charge is 2.20. The Morgan fingerprint density at radius 2 is 2.18 bits per heavy atom. The molecular weight excluding hydrogens is 296 g/mol. The lowest BCUT2D eigenvalue weighted by atomic mass is 10.1. The average Bonchev–Trinajstić information content (AvgIpc) is 3.18. The van der Waals surface area contributed by atoms with Crippen LogP contribution in [0, 0.1) is 6.92 Å². The van der Waals surface area contributed by atoms with Gasteiger partial charge in [-0.25, -0.2) is 4.98 Å². The van der Waals surface area contributed by atoms with Crippen molar-refractivity contribution < 1.29 is 9.53 Å². The maximum Gasteiger partial charge on any atom is 0.253 e. The molecule has 1 aliphatic heterocycles. The molecule has 0 radical (unpaired) electrons. The summed E-state index contributed by atoms with van der Waals surface area (Å²) in [4.78, 5) is 18.7. The number of benzene rings is 1. The van der Waals surface area contributed by atoms with Gasteiger partial charge in [0.05, 0.1) is 6.10 Å². The first kappa shape index (κ1) is 15.2. The van der Waals surface area contributed by atoms with E-state index in [1.807, 2.05) is 43.6 Å². The van der Waals surface area contributed by atoms with Gasteiger partial charge in [0.25, 0.3) is 5.91 Å². The van der Waals surface area contributed by atoms with E-state index in [1.165, 1.54) is 0 Å². The molecule has 0 bridgehead atoms. The van der Waals surface area contributed by atoms with Gasteiger partial charge in [-0.15, -0.1) is 11.3 Å². The smallest absolute Gasteiger partial charge is 0.253 e. The molecule has 4 nitrogen and oxygen atoms in total. The number of carbonyl (C=O) groups is 1. The van der Waals surface area contributed by atoms with Gasteiger partial charge in [-0.2, -0.15) is 0 Å². The molecule has 1 aromatic heterocycles. The van der Waals surface area contributed by atoms with E-state index in [0.717, 1.165) is 35.7 Å². The number of ether oxygens (including phenoxy) is 1. The van der Waals surface area contributed by atoms with Crippen molar-refractivity contribution in [3.63, 3.8) is 0 Å². The summed E-state index contributed by atoms with van der Waals surface area (Å²) < 4.78 is 5.59. The molecule has 0 saturated carbocycles. The van der Waals surface area contributed by atoms with Crippen molar-refractivity contribution in [1.29, 1.82) is 0 Å². The van der Waals surface area contributed by atoms with Crippen molar-refractivity contribution in [2.45, 2.75) is 25.9 Å². The second-order valence-corrected chi connectivity index (χ2v) is 6.55. The number of hydrogen-bond acceptors (Lipinski definition) is 4. The van der Waals surface area contributed by atoms with E-state index in [2.05, 4.69) is 4.98 Å². The topological polar surface area (TPSA) is 42.4 Å². The second kappa shape index (κ2) is 6.58. The highest BCUT2D eigenvalue weighted by Crippen LogP contribution is 2.24. The molecule has 0 N–H and O–H groups in total. The molecule has 116 valence electrons. The lowest BCUT2D eigenvalue weighted by Crippen LogP contribution is -2.34. The number of rotatable bonds is 4. The number of hydrogen-bond donors (Lipinski definition) is 0. The molecule has 1 fully saturated rings. The monoisotopic (exact) mass is 316 g/mol. The zero-order valence-electron chi connectivity index (χ0n) is 12.9. The summed E-state index contributed by atoms with van der Waals surface area (Å²) in [7, 11) is 1.84. The first-order chi connectivity index (χ1) is 10.6. The Morgan fingerprint density at radius 3 is 2.77 bits per heavy atom. The maximum absolute atomic E-state index is 12.4. The summed E-state index contributed by atoms with van der Waals surface area (Å²) in [5.74, 6) is 0.0392. The number of likely N-dealkylation sites (N-methyl/N-ethyl adjacent to an activating group) is 1. The van der Waals surface area contributed by atoms with Crippen LogP contribution in [0.1, 0.15) is 28.9 Å². The molecule has 2 heterocycles. The Bertz CT molecular complexity index is 645. The fourth-order valence-electron chi connectivity index (χ4n) is 2.64. The number of aromatic nitrogens is 1. The van der Waals surface area contributed by atoms with Crippen LogP contribution >= 0.6 is 11.3 Å². The van der Waals surface area contributed by atoms with Crippen molar-refractivity contribution in [2.24, 2.45) is 0 Å². The van der Waals surface area contributed by atoms with E-state index in [9.17, 15) is 4.79 Å². The van der Waals surface area contributed by atoms with Crippen molar-refractivity contribution >= 4 is 17.2 Å². The predicted octanol–water partition coefficient (Wildman–Crippen LogP) is 3.37. The van der Waals surface area contributed by atoms with Gasteiger partial charge in [0.1, 0.15) is 5.01 Å². The van der Waals surface area contributed by atoms with Crippen LogP contribution in [-0.2, 0) is 4.74 Å². The first-order valence-electron chi connectivity index (χ1n) is 7.53. The van der Waals surface area contributed by atoms with Crippen LogP contribution in [-0.4, -0.2) is 42.1 Å². The lowest BCUT2D eigenvalue weighted by molar-refractivity contribution is 0.0587. The molecule has 1 saturated heterocycles. The van der Waals surface area contributed by atoms with Gasteiger partial charge < -0.3 is 9.64 Å². The summed E-state index contributed by atoms with van der Waals surface area (Å²) in [6.07, 6.45) is 2.32. The minimum atomic E-state index is 0.0392. The third kappa shape index (κ3) is 3.36. The Hall–Kier alpha value is -1.72. The van der Waals surface area contributed by atoms with E-state index < -0.39 is 0 Å². The molecule has 1 atom stereocenters. The van der Waals surface area contributed by atoms with Gasteiger partial charge in [0.15, 0.2) is 0 Å². The molecule has 2 aromatic rings. The van der Waals surface area contributed by atoms with Crippen molar-refractivity contribution in [3.8, 4) is 10.6 Å². The van der Waals surface area contributed by atoms with Crippen LogP contribution in [0.2, 0.25) is 0 Å². The Kier molecular flexibility index (Phi) is 4.55. The first-order valence-corrected chi connectivity index (χ1v) is 8.41. The van der Waals surface area contributed by atoms with Gasteiger partial charge >= 0.3 is 0 Å². The van der Waals surface area contributed by atoms with E-state index in [-0.39, 0.29) is 12.0 Å². The zero-order valence-corrected chi connectivity index (χ0v) is 13.7. The fourth-order valence-corrected chi connectivity index (χ4v) is 3.44.